The first-order valence-electron chi connectivity index (χ1n) is 9.33. The number of benzene rings is 2. The molecule has 0 bridgehead atoms. The lowest BCUT2D eigenvalue weighted by atomic mass is 10.1. The number of aromatic nitrogens is 4. The number of nitrogens with zero attached hydrogens (tertiary/aromatic N) is 3. The number of rotatable bonds is 6. The lowest BCUT2D eigenvalue weighted by Gasteiger charge is -2.11. The Kier molecular flexibility index (Phi) is 5.31. The minimum Gasteiger partial charge on any atom is -0.384 e. The summed E-state index contributed by atoms with van der Waals surface area (Å²) < 4.78 is 5.06. The summed E-state index contributed by atoms with van der Waals surface area (Å²) in [7, 11) is 1.61. The molecule has 29 heavy (non-hydrogen) atoms. The van der Waals surface area contributed by atoms with Crippen LogP contribution in [0.1, 0.15) is 11.3 Å². The smallest absolute Gasteiger partial charge is 0.255 e. The van der Waals surface area contributed by atoms with Crippen LogP contribution < -0.4 is 10.9 Å². The minimum absolute atomic E-state index is 0.193. The fourth-order valence-electron chi connectivity index (χ4n) is 3.22. The molecule has 0 fully saturated rings. The van der Waals surface area contributed by atoms with E-state index in [1.165, 1.54) is 0 Å². The maximum Gasteiger partial charge on any atom is 0.255 e. The molecule has 0 aliphatic heterocycles. The number of fused-ring (bicyclic) bond motifs is 1. The highest BCUT2D eigenvalue weighted by atomic mass is 16.5. The third kappa shape index (κ3) is 4.00. The zero-order valence-electron chi connectivity index (χ0n) is 16.3. The monoisotopic (exact) mass is 387 g/mol. The SMILES string of the molecule is COCCc1c(C)nc(Nc2nc(-c3ccccc3)c3ccccc3n2)[nH]c1=O. The molecule has 7 nitrogen and oxygen atoms in total. The van der Waals surface area contributed by atoms with E-state index >= 15 is 0 Å². The van der Waals surface area contributed by atoms with Crippen LogP contribution in [-0.2, 0) is 11.2 Å². The van der Waals surface area contributed by atoms with E-state index in [-0.39, 0.29) is 5.56 Å². The quantitative estimate of drug-likeness (QED) is 0.525. The number of aromatic amines is 1. The molecule has 0 aliphatic rings. The Hall–Kier alpha value is -3.58. The maximum absolute atomic E-state index is 12.4. The molecule has 7 heteroatoms. The molecule has 4 rings (SSSR count). The van der Waals surface area contributed by atoms with Gasteiger partial charge in [-0.15, -0.1) is 0 Å². The van der Waals surface area contributed by atoms with Gasteiger partial charge in [-0.3, -0.25) is 15.1 Å². The molecule has 146 valence electrons. The van der Waals surface area contributed by atoms with E-state index in [4.69, 9.17) is 9.72 Å². The highest BCUT2D eigenvalue weighted by molar-refractivity contribution is 5.93. The van der Waals surface area contributed by atoms with Crippen LogP contribution in [0.15, 0.2) is 59.4 Å². The lowest BCUT2D eigenvalue weighted by molar-refractivity contribution is 0.202. The Morgan fingerprint density at radius 3 is 2.52 bits per heavy atom. The molecule has 0 saturated carbocycles. The standard InChI is InChI=1S/C22H21N5O2/c1-14-16(12-13-29-2)20(28)26-21(23-14)27-22-24-18-11-7-6-10-17(18)19(25-22)15-8-4-3-5-9-15/h3-11H,12-13H2,1-2H3,(H2,23,24,25,26,27,28). The van der Waals surface area contributed by atoms with E-state index in [0.29, 0.717) is 36.2 Å². The van der Waals surface area contributed by atoms with Crippen molar-refractivity contribution < 1.29 is 4.74 Å². The number of ether oxygens (including phenoxy) is 1. The maximum atomic E-state index is 12.4. The van der Waals surface area contributed by atoms with Gasteiger partial charge < -0.3 is 4.74 Å². The third-order valence-corrected chi connectivity index (χ3v) is 4.66. The molecule has 2 heterocycles. The Labute approximate surface area is 167 Å². The van der Waals surface area contributed by atoms with Gasteiger partial charge in [0, 0.05) is 30.0 Å². The van der Waals surface area contributed by atoms with Crippen LogP contribution >= 0.6 is 0 Å². The molecule has 2 aromatic heterocycles. The molecule has 0 aliphatic carbocycles. The van der Waals surface area contributed by atoms with E-state index in [1.807, 2.05) is 61.5 Å². The predicted octanol–water partition coefficient (Wildman–Crippen LogP) is 3.62. The molecule has 0 saturated heterocycles. The molecule has 0 atom stereocenters. The van der Waals surface area contributed by atoms with Crippen LogP contribution in [0.5, 0.6) is 0 Å². The molecule has 0 amide bonds. The molecule has 0 radical (unpaired) electrons. The van der Waals surface area contributed by atoms with Crippen molar-refractivity contribution in [3.8, 4) is 11.3 Å². The first-order valence-corrected chi connectivity index (χ1v) is 9.33. The van der Waals surface area contributed by atoms with Crippen molar-refractivity contribution in [1.82, 2.24) is 19.9 Å². The van der Waals surface area contributed by atoms with Crippen molar-refractivity contribution in [3.05, 3.63) is 76.2 Å². The highest BCUT2D eigenvalue weighted by Crippen LogP contribution is 2.27. The van der Waals surface area contributed by atoms with Crippen LogP contribution in [0.2, 0.25) is 0 Å². The van der Waals surface area contributed by atoms with E-state index in [0.717, 1.165) is 22.2 Å². The lowest BCUT2D eigenvalue weighted by Crippen LogP contribution is -2.20. The molecule has 2 N–H and O–H groups in total. The average molecular weight is 387 g/mol. The summed E-state index contributed by atoms with van der Waals surface area (Å²) in [5.41, 5.74) is 3.68. The number of H-pyrrole nitrogens is 1. The number of nitrogens with one attached hydrogen (secondary N) is 2. The van der Waals surface area contributed by atoms with E-state index in [1.54, 1.807) is 7.11 Å². The summed E-state index contributed by atoms with van der Waals surface area (Å²) in [6.45, 7) is 2.27. The number of hydrogen-bond donors (Lipinski definition) is 2. The molecule has 2 aromatic carbocycles. The van der Waals surface area contributed by atoms with E-state index in [2.05, 4.69) is 20.3 Å². The van der Waals surface area contributed by atoms with Crippen molar-refractivity contribution in [1.29, 1.82) is 0 Å². The van der Waals surface area contributed by atoms with Crippen molar-refractivity contribution in [2.45, 2.75) is 13.3 Å². The van der Waals surface area contributed by atoms with Gasteiger partial charge in [0.15, 0.2) is 0 Å². The first-order chi connectivity index (χ1) is 14.2. The molecular formula is C22H21N5O2. The van der Waals surface area contributed by atoms with Gasteiger partial charge in [-0.2, -0.15) is 0 Å². The second-order valence-electron chi connectivity index (χ2n) is 6.63. The average Bonchev–Trinajstić information content (AvgIpc) is 2.73. The van der Waals surface area contributed by atoms with E-state index in [9.17, 15) is 4.79 Å². The van der Waals surface area contributed by atoms with E-state index < -0.39 is 0 Å². The van der Waals surface area contributed by atoms with Gasteiger partial charge >= 0.3 is 0 Å². The van der Waals surface area contributed by atoms with Crippen molar-refractivity contribution in [2.24, 2.45) is 0 Å². The second kappa shape index (κ2) is 8.20. The summed E-state index contributed by atoms with van der Waals surface area (Å²) in [4.78, 5) is 28.9. The number of para-hydroxylation sites is 1. The fourth-order valence-corrected chi connectivity index (χ4v) is 3.22. The van der Waals surface area contributed by atoms with Gasteiger partial charge in [-0.25, -0.2) is 15.0 Å². The van der Waals surface area contributed by atoms with Gasteiger partial charge in [0.05, 0.1) is 23.5 Å². The highest BCUT2D eigenvalue weighted by Gasteiger charge is 2.12. The number of methoxy groups -OCH3 is 1. The van der Waals surface area contributed by atoms with Crippen LogP contribution in [0.25, 0.3) is 22.2 Å². The van der Waals surface area contributed by atoms with Gasteiger partial charge in [-0.1, -0.05) is 48.5 Å². The number of aryl methyl sites for hydroxylation is 1. The van der Waals surface area contributed by atoms with Gasteiger partial charge in [0.25, 0.3) is 5.56 Å². The summed E-state index contributed by atoms with van der Waals surface area (Å²) in [5.74, 6) is 0.678. The second-order valence-corrected chi connectivity index (χ2v) is 6.63. The topological polar surface area (TPSA) is 92.8 Å². The first kappa shape index (κ1) is 18.8. The van der Waals surface area contributed by atoms with Gasteiger partial charge in [0.2, 0.25) is 11.9 Å². The Balaban J connectivity index is 1.75. The number of anilines is 2. The fraction of sp³-hybridized carbons (Fsp3) is 0.182. The molecule has 0 unspecified atom stereocenters. The summed E-state index contributed by atoms with van der Waals surface area (Å²) in [6.07, 6.45) is 0.510. The molecule has 0 spiro atoms. The minimum atomic E-state index is -0.193. The van der Waals surface area contributed by atoms with Crippen molar-refractivity contribution in [2.75, 3.05) is 19.0 Å². The van der Waals surface area contributed by atoms with Crippen molar-refractivity contribution >= 4 is 22.8 Å². The largest absolute Gasteiger partial charge is 0.384 e. The summed E-state index contributed by atoms with van der Waals surface area (Å²) >= 11 is 0. The Morgan fingerprint density at radius 1 is 1.00 bits per heavy atom. The Bertz CT molecular complexity index is 1200. The van der Waals surface area contributed by atoms with Crippen LogP contribution in [-0.4, -0.2) is 33.7 Å². The summed E-state index contributed by atoms with van der Waals surface area (Å²) in [5, 5.41) is 4.01. The normalized spacial score (nSPS) is 11.0. The zero-order chi connectivity index (χ0) is 20.2. The van der Waals surface area contributed by atoms with Crippen LogP contribution in [0.4, 0.5) is 11.9 Å². The third-order valence-electron chi connectivity index (χ3n) is 4.66. The molecular weight excluding hydrogens is 366 g/mol. The molecule has 4 aromatic rings. The zero-order valence-corrected chi connectivity index (χ0v) is 16.3. The van der Waals surface area contributed by atoms with Gasteiger partial charge in [-0.05, 0) is 13.0 Å². The summed E-state index contributed by atoms with van der Waals surface area (Å²) in [6, 6.07) is 17.8. The van der Waals surface area contributed by atoms with Gasteiger partial charge in [0.1, 0.15) is 0 Å². The van der Waals surface area contributed by atoms with Crippen molar-refractivity contribution in [3.63, 3.8) is 0 Å². The predicted molar refractivity (Wildman–Crippen MR) is 113 cm³/mol. The Morgan fingerprint density at radius 2 is 1.76 bits per heavy atom. The van der Waals surface area contributed by atoms with Crippen LogP contribution in [0, 0.1) is 6.92 Å². The van der Waals surface area contributed by atoms with Crippen LogP contribution in [0.3, 0.4) is 0 Å². The number of hydrogen-bond acceptors (Lipinski definition) is 6.